The molecule has 1 aromatic carbocycles. The van der Waals surface area contributed by atoms with E-state index in [0.29, 0.717) is 24.6 Å². The molecule has 5 rings (SSSR count). The van der Waals surface area contributed by atoms with Crippen LogP contribution < -0.4 is 0 Å². The number of pyridine rings is 1. The van der Waals surface area contributed by atoms with Crippen molar-refractivity contribution in [3.8, 4) is 0 Å². The minimum absolute atomic E-state index is 0.0457. The van der Waals surface area contributed by atoms with E-state index in [9.17, 15) is 4.79 Å². The molecular formula is C24H23ClN4O2. The maximum Gasteiger partial charge on any atom is 0.274 e. The number of aryl methyl sites for hydroxylation is 1. The van der Waals surface area contributed by atoms with E-state index in [0.717, 1.165) is 47.1 Å². The highest BCUT2D eigenvalue weighted by atomic mass is 35.5. The number of oxazole rings is 1. The molecule has 1 fully saturated rings. The molecule has 7 heteroatoms. The summed E-state index contributed by atoms with van der Waals surface area (Å²) in [5.41, 5.74) is 3.32. The Morgan fingerprint density at radius 2 is 2.10 bits per heavy atom. The summed E-state index contributed by atoms with van der Waals surface area (Å²) in [5, 5.41) is 0.720. The Hall–Kier alpha value is -3.12. The van der Waals surface area contributed by atoms with E-state index >= 15 is 0 Å². The van der Waals surface area contributed by atoms with Crippen molar-refractivity contribution in [1.29, 1.82) is 0 Å². The number of aromatic nitrogens is 3. The van der Waals surface area contributed by atoms with E-state index in [1.54, 1.807) is 6.20 Å². The molecule has 0 saturated carbocycles. The van der Waals surface area contributed by atoms with Gasteiger partial charge < -0.3 is 13.7 Å². The van der Waals surface area contributed by atoms with Crippen molar-refractivity contribution >= 4 is 23.2 Å². The predicted molar refractivity (Wildman–Crippen MR) is 119 cm³/mol. The zero-order chi connectivity index (χ0) is 21.4. The summed E-state index contributed by atoms with van der Waals surface area (Å²) in [6.07, 6.45) is 6.04. The van der Waals surface area contributed by atoms with Gasteiger partial charge in [0.05, 0.1) is 12.1 Å². The number of halogens is 1. The van der Waals surface area contributed by atoms with Gasteiger partial charge in [-0.15, -0.1) is 0 Å². The number of piperidine rings is 1. The lowest BCUT2D eigenvalue weighted by Crippen LogP contribution is -2.39. The van der Waals surface area contributed by atoms with Crippen LogP contribution in [0.5, 0.6) is 0 Å². The molecule has 0 bridgehead atoms. The minimum atomic E-state index is -0.0457. The van der Waals surface area contributed by atoms with Crippen LogP contribution in [0.25, 0.3) is 5.65 Å². The summed E-state index contributed by atoms with van der Waals surface area (Å²) < 4.78 is 8.00. The molecule has 1 atom stereocenters. The van der Waals surface area contributed by atoms with Gasteiger partial charge in [0.15, 0.2) is 5.89 Å². The lowest BCUT2D eigenvalue weighted by molar-refractivity contribution is 0.0692. The van der Waals surface area contributed by atoms with Crippen LogP contribution in [-0.2, 0) is 6.42 Å². The lowest BCUT2D eigenvalue weighted by atomic mass is 9.98. The standard InChI is InChI=1S/C24H23ClN4O2/c1-16-6-4-10-22-27-21(15-29(16)22)24(30)28-11-5-8-18(14-28)23-26-13-19(31-23)12-17-7-2-3-9-20(17)25/h2-4,6-7,9-10,13,15,18H,5,8,11-12,14H2,1H3/t18-/m0/s1. The van der Waals surface area contributed by atoms with E-state index < -0.39 is 0 Å². The number of carbonyl (C=O) groups excluding carboxylic acids is 1. The zero-order valence-electron chi connectivity index (χ0n) is 17.3. The molecule has 1 aliphatic heterocycles. The Bertz CT molecular complexity index is 1250. The van der Waals surface area contributed by atoms with Crippen LogP contribution in [0.2, 0.25) is 5.02 Å². The normalized spacial score (nSPS) is 16.7. The number of fused-ring (bicyclic) bond motifs is 1. The van der Waals surface area contributed by atoms with Crippen LogP contribution in [0.3, 0.4) is 0 Å². The van der Waals surface area contributed by atoms with Gasteiger partial charge in [-0.1, -0.05) is 35.9 Å². The van der Waals surface area contributed by atoms with Crippen molar-refractivity contribution in [3.05, 3.63) is 88.5 Å². The van der Waals surface area contributed by atoms with Gasteiger partial charge in [-0.3, -0.25) is 4.79 Å². The van der Waals surface area contributed by atoms with Crippen LogP contribution in [0.15, 0.2) is 59.3 Å². The highest BCUT2D eigenvalue weighted by molar-refractivity contribution is 6.31. The fourth-order valence-electron chi connectivity index (χ4n) is 4.20. The van der Waals surface area contributed by atoms with Gasteiger partial charge in [-0.05, 0) is 43.5 Å². The molecule has 1 saturated heterocycles. The second-order valence-electron chi connectivity index (χ2n) is 8.04. The van der Waals surface area contributed by atoms with Gasteiger partial charge in [-0.2, -0.15) is 0 Å². The van der Waals surface area contributed by atoms with Crippen LogP contribution in [0.4, 0.5) is 0 Å². The number of benzene rings is 1. The van der Waals surface area contributed by atoms with Gasteiger partial charge >= 0.3 is 0 Å². The van der Waals surface area contributed by atoms with Gasteiger partial charge in [0.1, 0.15) is 17.1 Å². The van der Waals surface area contributed by atoms with Gasteiger partial charge in [0.2, 0.25) is 0 Å². The van der Waals surface area contributed by atoms with E-state index in [2.05, 4.69) is 9.97 Å². The molecule has 0 N–H and O–H groups in total. The molecule has 0 unspecified atom stereocenters. The first-order valence-corrected chi connectivity index (χ1v) is 10.9. The summed E-state index contributed by atoms with van der Waals surface area (Å²) >= 11 is 6.27. The number of carbonyl (C=O) groups is 1. The smallest absolute Gasteiger partial charge is 0.274 e. The van der Waals surface area contributed by atoms with E-state index in [1.807, 2.05) is 64.9 Å². The van der Waals surface area contributed by atoms with Crippen molar-refractivity contribution in [2.24, 2.45) is 0 Å². The fourth-order valence-corrected chi connectivity index (χ4v) is 4.40. The average Bonchev–Trinajstić information content (AvgIpc) is 3.43. The number of imidazole rings is 1. The largest absolute Gasteiger partial charge is 0.445 e. The minimum Gasteiger partial charge on any atom is -0.445 e. The average molecular weight is 435 g/mol. The Kier molecular flexibility index (Phi) is 5.24. The van der Waals surface area contributed by atoms with Crippen molar-refractivity contribution in [2.45, 2.75) is 32.1 Å². The third kappa shape index (κ3) is 3.95. The topological polar surface area (TPSA) is 63.6 Å². The third-order valence-corrected chi connectivity index (χ3v) is 6.24. The molecule has 0 aliphatic carbocycles. The van der Waals surface area contributed by atoms with Crippen molar-refractivity contribution in [3.63, 3.8) is 0 Å². The van der Waals surface area contributed by atoms with Gasteiger partial charge in [0.25, 0.3) is 5.91 Å². The molecule has 1 amide bonds. The molecular weight excluding hydrogens is 412 g/mol. The molecule has 158 valence electrons. The highest BCUT2D eigenvalue weighted by Gasteiger charge is 2.29. The Balaban J connectivity index is 1.31. The second kappa shape index (κ2) is 8.19. The summed E-state index contributed by atoms with van der Waals surface area (Å²) in [6, 6.07) is 13.6. The molecule has 3 aromatic heterocycles. The van der Waals surface area contributed by atoms with Gasteiger partial charge in [-0.25, -0.2) is 9.97 Å². The highest BCUT2D eigenvalue weighted by Crippen LogP contribution is 2.29. The quantitative estimate of drug-likeness (QED) is 0.458. The van der Waals surface area contributed by atoms with Crippen LogP contribution in [-0.4, -0.2) is 38.3 Å². The summed E-state index contributed by atoms with van der Waals surface area (Å²) in [6.45, 7) is 3.30. The molecule has 31 heavy (non-hydrogen) atoms. The van der Waals surface area contributed by atoms with E-state index in [4.69, 9.17) is 16.0 Å². The molecule has 6 nitrogen and oxygen atoms in total. The first-order valence-electron chi connectivity index (χ1n) is 10.5. The molecule has 0 radical (unpaired) electrons. The molecule has 0 spiro atoms. The summed E-state index contributed by atoms with van der Waals surface area (Å²) in [5.74, 6) is 1.50. The SMILES string of the molecule is Cc1cccc2nc(C(=O)N3CCC[C@H](c4ncc(Cc5ccccc5Cl)o4)C3)cn12. The fraction of sp³-hybridized carbons (Fsp3) is 0.292. The predicted octanol–water partition coefficient (Wildman–Crippen LogP) is 4.89. The van der Waals surface area contributed by atoms with Crippen molar-refractivity contribution in [1.82, 2.24) is 19.3 Å². The number of hydrogen-bond acceptors (Lipinski definition) is 4. The number of likely N-dealkylation sites (tertiary alicyclic amines) is 1. The Labute approximate surface area is 185 Å². The first-order chi connectivity index (χ1) is 15.1. The monoisotopic (exact) mass is 434 g/mol. The maximum absolute atomic E-state index is 13.1. The first kappa shape index (κ1) is 19.8. The van der Waals surface area contributed by atoms with Crippen molar-refractivity contribution < 1.29 is 9.21 Å². The van der Waals surface area contributed by atoms with Crippen LogP contribution in [0, 0.1) is 6.92 Å². The second-order valence-corrected chi connectivity index (χ2v) is 8.45. The summed E-state index contributed by atoms with van der Waals surface area (Å²) in [7, 11) is 0. The number of rotatable bonds is 4. The molecule has 1 aliphatic rings. The number of nitrogens with zero attached hydrogens (tertiary/aromatic N) is 4. The number of amides is 1. The number of hydrogen-bond donors (Lipinski definition) is 0. The lowest BCUT2D eigenvalue weighted by Gasteiger charge is -2.30. The Morgan fingerprint density at radius 1 is 1.23 bits per heavy atom. The third-order valence-electron chi connectivity index (χ3n) is 5.87. The maximum atomic E-state index is 13.1. The van der Waals surface area contributed by atoms with E-state index in [1.165, 1.54) is 0 Å². The van der Waals surface area contributed by atoms with Gasteiger partial charge in [0, 0.05) is 36.4 Å². The van der Waals surface area contributed by atoms with E-state index in [-0.39, 0.29) is 11.8 Å². The molecule has 4 heterocycles. The van der Waals surface area contributed by atoms with Crippen LogP contribution >= 0.6 is 11.6 Å². The Morgan fingerprint density at radius 3 is 2.94 bits per heavy atom. The zero-order valence-corrected chi connectivity index (χ0v) is 18.0. The van der Waals surface area contributed by atoms with Crippen molar-refractivity contribution in [2.75, 3.05) is 13.1 Å². The molecule has 4 aromatic rings. The summed E-state index contributed by atoms with van der Waals surface area (Å²) in [4.78, 5) is 24.0. The van der Waals surface area contributed by atoms with Crippen LogP contribution in [0.1, 0.15) is 52.2 Å².